The first-order valence-electron chi connectivity index (χ1n) is 7.30. The molecule has 1 rings (SSSR count). The molecular formula is C15H30N2O. The van der Waals surface area contributed by atoms with Crippen LogP contribution < -0.4 is 5.73 Å². The van der Waals surface area contributed by atoms with Gasteiger partial charge in [-0.05, 0) is 23.7 Å². The predicted octanol–water partition coefficient (Wildman–Crippen LogP) is 2.79. The van der Waals surface area contributed by atoms with Gasteiger partial charge in [-0.15, -0.1) is 0 Å². The number of hydrogen-bond acceptors (Lipinski definition) is 2. The molecule has 1 atom stereocenters. The summed E-state index contributed by atoms with van der Waals surface area (Å²) in [5.41, 5.74) is 6.38. The molecule has 0 bridgehead atoms. The molecule has 1 aliphatic heterocycles. The molecule has 0 spiro atoms. The number of carbonyl (C=O) groups excluding carboxylic acids is 1. The second-order valence-electron chi connectivity index (χ2n) is 6.88. The minimum Gasteiger partial charge on any atom is -0.341 e. The van der Waals surface area contributed by atoms with Crippen molar-refractivity contribution in [2.24, 2.45) is 16.6 Å². The fourth-order valence-electron chi connectivity index (χ4n) is 2.73. The Hall–Kier alpha value is -0.570. The highest BCUT2D eigenvalue weighted by Gasteiger charge is 2.36. The molecule has 106 valence electrons. The number of hydrogen-bond donors (Lipinski definition) is 1. The number of amides is 1. The van der Waals surface area contributed by atoms with Crippen molar-refractivity contribution in [1.82, 2.24) is 4.90 Å². The van der Waals surface area contributed by atoms with E-state index in [0.29, 0.717) is 5.41 Å². The van der Waals surface area contributed by atoms with E-state index in [1.54, 1.807) is 0 Å². The fraction of sp³-hybridized carbons (Fsp3) is 0.933. The topological polar surface area (TPSA) is 46.3 Å². The average Bonchev–Trinajstić information content (AvgIpc) is 2.36. The third-order valence-electron chi connectivity index (χ3n) is 4.83. The summed E-state index contributed by atoms with van der Waals surface area (Å²) in [6, 6.07) is -0.381. The van der Waals surface area contributed by atoms with Crippen LogP contribution in [0.3, 0.4) is 0 Å². The molecule has 1 aliphatic rings. The molecule has 18 heavy (non-hydrogen) atoms. The summed E-state index contributed by atoms with van der Waals surface area (Å²) in [5.74, 6) is 0.128. The molecule has 1 saturated heterocycles. The largest absolute Gasteiger partial charge is 0.341 e. The maximum atomic E-state index is 12.3. The minimum absolute atomic E-state index is 0.128. The van der Waals surface area contributed by atoms with Crippen molar-refractivity contribution in [3.8, 4) is 0 Å². The van der Waals surface area contributed by atoms with Gasteiger partial charge >= 0.3 is 0 Å². The molecular weight excluding hydrogens is 224 g/mol. The Balaban J connectivity index is 2.61. The zero-order chi connectivity index (χ0) is 14.0. The van der Waals surface area contributed by atoms with Gasteiger partial charge in [-0.2, -0.15) is 0 Å². The third-order valence-corrected chi connectivity index (χ3v) is 4.83. The molecule has 0 aromatic carbocycles. The van der Waals surface area contributed by atoms with Crippen molar-refractivity contribution in [3.05, 3.63) is 0 Å². The first-order valence-corrected chi connectivity index (χ1v) is 7.30. The van der Waals surface area contributed by atoms with Gasteiger partial charge in [0.25, 0.3) is 0 Å². The summed E-state index contributed by atoms with van der Waals surface area (Å²) in [7, 11) is 0. The summed E-state index contributed by atoms with van der Waals surface area (Å²) in [6.07, 6.45) is 4.69. The molecule has 1 heterocycles. The number of rotatable bonds is 3. The van der Waals surface area contributed by atoms with E-state index < -0.39 is 0 Å². The van der Waals surface area contributed by atoms with Crippen LogP contribution in [0.25, 0.3) is 0 Å². The normalized spacial score (nSPS) is 21.8. The molecule has 0 unspecified atom stereocenters. The van der Waals surface area contributed by atoms with Gasteiger partial charge in [0.05, 0.1) is 6.04 Å². The van der Waals surface area contributed by atoms with Gasteiger partial charge in [-0.3, -0.25) is 4.79 Å². The van der Waals surface area contributed by atoms with Gasteiger partial charge in [0.1, 0.15) is 0 Å². The monoisotopic (exact) mass is 254 g/mol. The van der Waals surface area contributed by atoms with Crippen LogP contribution in [-0.4, -0.2) is 29.9 Å². The van der Waals surface area contributed by atoms with E-state index in [4.69, 9.17) is 5.73 Å². The van der Waals surface area contributed by atoms with E-state index in [1.165, 1.54) is 12.8 Å². The highest BCUT2D eigenvalue weighted by Crippen LogP contribution is 2.38. The molecule has 1 fully saturated rings. The van der Waals surface area contributed by atoms with E-state index >= 15 is 0 Å². The van der Waals surface area contributed by atoms with Gasteiger partial charge in [0.2, 0.25) is 5.91 Å². The number of nitrogens with zero attached hydrogens (tertiary/aromatic N) is 1. The van der Waals surface area contributed by atoms with Crippen molar-refractivity contribution >= 4 is 5.91 Å². The Morgan fingerprint density at radius 2 is 1.67 bits per heavy atom. The lowest BCUT2D eigenvalue weighted by Crippen LogP contribution is -2.53. The van der Waals surface area contributed by atoms with Crippen LogP contribution in [0.1, 0.15) is 60.3 Å². The Kier molecular flexibility index (Phi) is 4.82. The number of likely N-dealkylation sites (tertiary alicyclic amines) is 1. The van der Waals surface area contributed by atoms with Crippen molar-refractivity contribution in [3.63, 3.8) is 0 Å². The van der Waals surface area contributed by atoms with Crippen molar-refractivity contribution in [2.75, 3.05) is 13.1 Å². The van der Waals surface area contributed by atoms with Crippen LogP contribution in [0.15, 0.2) is 0 Å². The fourth-order valence-corrected chi connectivity index (χ4v) is 2.73. The Labute approximate surface area is 112 Å². The molecule has 0 aliphatic carbocycles. The molecule has 0 aromatic rings. The average molecular weight is 254 g/mol. The van der Waals surface area contributed by atoms with Crippen LogP contribution >= 0.6 is 0 Å². The van der Waals surface area contributed by atoms with Gasteiger partial charge in [0.15, 0.2) is 0 Å². The summed E-state index contributed by atoms with van der Waals surface area (Å²) in [6.45, 7) is 12.4. The highest BCUT2D eigenvalue weighted by atomic mass is 16.2. The second-order valence-corrected chi connectivity index (χ2v) is 6.88. The second kappa shape index (κ2) is 5.60. The van der Waals surface area contributed by atoms with Gasteiger partial charge in [-0.1, -0.05) is 47.5 Å². The molecule has 3 nitrogen and oxygen atoms in total. The van der Waals surface area contributed by atoms with E-state index in [1.807, 2.05) is 25.7 Å². The summed E-state index contributed by atoms with van der Waals surface area (Å²) >= 11 is 0. The van der Waals surface area contributed by atoms with E-state index in [2.05, 4.69) is 13.8 Å². The van der Waals surface area contributed by atoms with Crippen LogP contribution in [0.4, 0.5) is 0 Å². The lowest BCUT2D eigenvalue weighted by atomic mass is 9.74. The smallest absolute Gasteiger partial charge is 0.240 e. The molecule has 0 saturated carbocycles. The molecule has 3 heteroatoms. The van der Waals surface area contributed by atoms with Gasteiger partial charge in [-0.25, -0.2) is 0 Å². The minimum atomic E-state index is -0.381. The van der Waals surface area contributed by atoms with Crippen molar-refractivity contribution in [1.29, 1.82) is 0 Å². The summed E-state index contributed by atoms with van der Waals surface area (Å²) in [4.78, 5) is 14.3. The van der Waals surface area contributed by atoms with E-state index in [-0.39, 0.29) is 17.4 Å². The molecule has 0 radical (unpaired) electrons. The Morgan fingerprint density at radius 3 is 2.00 bits per heavy atom. The Morgan fingerprint density at radius 1 is 1.22 bits per heavy atom. The van der Waals surface area contributed by atoms with E-state index in [0.717, 1.165) is 25.9 Å². The standard InChI is InChI=1S/C15H30N2O/c1-6-15(7-2)8-10-17(11-9-15)13(18)12(16)14(3,4)5/h12H,6-11,16H2,1-5H3/t12-/m1/s1. The SMILES string of the molecule is CCC1(CC)CCN(C(=O)[C@@H](N)C(C)(C)C)CC1. The van der Waals surface area contributed by atoms with Crippen LogP contribution in [0.5, 0.6) is 0 Å². The van der Waals surface area contributed by atoms with Crippen molar-refractivity contribution in [2.45, 2.75) is 66.3 Å². The zero-order valence-corrected chi connectivity index (χ0v) is 12.8. The van der Waals surface area contributed by atoms with Crippen LogP contribution in [0.2, 0.25) is 0 Å². The van der Waals surface area contributed by atoms with Crippen LogP contribution in [0, 0.1) is 10.8 Å². The first kappa shape index (κ1) is 15.5. The predicted molar refractivity (Wildman–Crippen MR) is 76.3 cm³/mol. The molecule has 0 aromatic heterocycles. The van der Waals surface area contributed by atoms with E-state index in [9.17, 15) is 4.79 Å². The Bertz CT molecular complexity index is 279. The maximum Gasteiger partial charge on any atom is 0.240 e. The summed E-state index contributed by atoms with van der Waals surface area (Å²) in [5, 5.41) is 0. The zero-order valence-electron chi connectivity index (χ0n) is 12.8. The lowest BCUT2D eigenvalue weighted by Gasteiger charge is -2.42. The maximum absolute atomic E-state index is 12.3. The quantitative estimate of drug-likeness (QED) is 0.842. The first-order chi connectivity index (χ1) is 8.25. The number of piperidine rings is 1. The van der Waals surface area contributed by atoms with Crippen LogP contribution in [-0.2, 0) is 4.79 Å². The number of carbonyl (C=O) groups is 1. The summed E-state index contributed by atoms with van der Waals surface area (Å²) < 4.78 is 0. The molecule has 2 N–H and O–H groups in total. The van der Waals surface area contributed by atoms with Crippen molar-refractivity contribution < 1.29 is 4.79 Å². The van der Waals surface area contributed by atoms with Gasteiger partial charge < -0.3 is 10.6 Å². The third kappa shape index (κ3) is 3.25. The molecule has 1 amide bonds. The highest BCUT2D eigenvalue weighted by molar-refractivity contribution is 5.82. The number of nitrogens with two attached hydrogens (primary N) is 1. The lowest BCUT2D eigenvalue weighted by molar-refractivity contribution is -0.137. The van der Waals surface area contributed by atoms with Gasteiger partial charge in [0, 0.05) is 13.1 Å².